The second kappa shape index (κ2) is 37.4. The van der Waals surface area contributed by atoms with E-state index in [0.717, 1.165) is 44.9 Å². The van der Waals surface area contributed by atoms with E-state index in [1.807, 2.05) is 12.2 Å². The predicted molar refractivity (Wildman–Crippen MR) is 217 cm³/mol. The molecule has 0 heterocycles. The van der Waals surface area contributed by atoms with Crippen molar-refractivity contribution in [1.82, 2.24) is 0 Å². The zero-order valence-electron chi connectivity index (χ0n) is 33.6. The maximum atomic E-state index is 12.6. The van der Waals surface area contributed by atoms with Gasteiger partial charge in [0.1, 0.15) is 12.6 Å². The maximum absolute atomic E-state index is 12.6. The van der Waals surface area contributed by atoms with Crippen LogP contribution < -0.4 is 5.73 Å². The number of ether oxygens (including phenoxy) is 2. The second-order valence-electron chi connectivity index (χ2n) is 13.8. The van der Waals surface area contributed by atoms with Crippen LogP contribution >= 0.6 is 7.82 Å². The minimum atomic E-state index is -4.73. The highest BCUT2D eigenvalue weighted by Crippen LogP contribution is 2.43. The van der Waals surface area contributed by atoms with Gasteiger partial charge < -0.3 is 25.2 Å². The lowest BCUT2D eigenvalue weighted by Crippen LogP contribution is -2.34. The van der Waals surface area contributed by atoms with Gasteiger partial charge in [-0.05, 0) is 70.6 Å². The fraction of sp³-hybridized carbons (Fsp3) is 0.738. The zero-order valence-corrected chi connectivity index (χ0v) is 34.4. The summed E-state index contributed by atoms with van der Waals surface area (Å²) in [7, 11) is -4.73. The largest absolute Gasteiger partial charge is 0.480 e. The number of carbonyl (C=O) groups is 3. The number of carboxylic acid groups (broad SMARTS) is 1. The van der Waals surface area contributed by atoms with Crippen molar-refractivity contribution in [2.45, 2.75) is 180 Å². The maximum Gasteiger partial charge on any atom is 0.472 e. The van der Waals surface area contributed by atoms with Crippen LogP contribution in [-0.4, -0.2) is 59.9 Å². The number of phosphoric ester groups is 1. The summed E-state index contributed by atoms with van der Waals surface area (Å²) in [4.78, 5) is 45.8. The number of carboxylic acids is 1. The van der Waals surface area contributed by atoms with Crippen molar-refractivity contribution in [2.75, 3.05) is 19.8 Å². The highest BCUT2D eigenvalue weighted by molar-refractivity contribution is 7.47. The molecule has 0 aliphatic rings. The molecule has 0 saturated carbocycles. The van der Waals surface area contributed by atoms with E-state index in [1.165, 1.54) is 77.0 Å². The Hall–Kier alpha value is -2.56. The molecule has 0 radical (unpaired) electrons. The average Bonchev–Trinajstić information content (AvgIpc) is 3.14. The molecule has 0 fully saturated rings. The number of phosphoric acid groups is 1. The number of carbonyl (C=O) groups excluding carboxylic acids is 2. The van der Waals surface area contributed by atoms with E-state index in [9.17, 15) is 23.8 Å². The van der Waals surface area contributed by atoms with Crippen molar-refractivity contribution >= 4 is 25.7 Å². The minimum absolute atomic E-state index is 0.0855. The fourth-order valence-electron chi connectivity index (χ4n) is 5.25. The van der Waals surface area contributed by atoms with E-state index >= 15 is 0 Å². The number of unbranched alkanes of at least 4 members (excludes halogenated alkanes) is 16. The molecule has 12 heteroatoms. The Morgan fingerprint density at radius 1 is 0.574 bits per heavy atom. The first-order chi connectivity index (χ1) is 26.1. The van der Waals surface area contributed by atoms with E-state index in [2.05, 4.69) is 54.8 Å². The lowest BCUT2D eigenvalue weighted by atomic mass is 10.1. The van der Waals surface area contributed by atoms with Crippen molar-refractivity contribution in [2.24, 2.45) is 5.73 Å². The molecule has 4 N–H and O–H groups in total. The number of hydrogen-bond donors (Lipinski definition) is 3. The molecule has 312 valence electrons. The van der Waals surface area contributed by atoms with Crippen LogP contribution in [0, 0.1) is 0 Å². The van der Waals surface area contributed by atoms with Crippen molar-refractivity contribution in [3.05, 3.63) is 48.6 Å². The van der Waals surface area contributed by atoms with Gasteiger partial charge in [0, 0.05) is 12.8 Å². The zero-order chi connectivity index (χ0) is 40.0. The van der Waals surface area contributed by atoms with Crippen LogP contribution in [0.5, 0.6) is 0 Å². The Bertz CT molecular complexity index is 1110. The molecular formula is C42H74NO10P. The third-order valence-electron chi connectivity index (χ3n) is 8.55. The quantitative estimate of drug-likeness (QED) is 0.0235. The van der Waals surface area contributed by atoms with Crippen LogP contribution in [0.15, 0.2) is 48.6 Å². The van der Waals surface area contributed by atoms with E-state index in [4.69, 9.17) is 24.8 Å². The van der Waals surface area contributed by atoms with Gasteiger partial charge in [0.05, 0.1) is 13.2 Å². The van der Waals surface area contributed by atoms with Crippen molar-refractivity contribution in [3.63, 3.8) is 0 Å². The number of hydrogen-bond acceptors (Lipinski definition) is 9. The number of allylic oxidation sites excluding steroid dienone is 8. The third kappa shape index (κ3) is 36.4. The minimum Gasteiger partial charge on any atom is -0.480 e. The number of esters is 2. The van der Waals surface area contributed by atoms with Gasteiger partial charge in [-0.15, -0.1) is 0 Å². The van der Waals surface area contributed by atoms with Crippen LogP contribution in [0.1, 0.15) is 168 Å². The summed E-state index contributed by atoms with van der Waals surface area (Å²) in [6.45, 7) is 2.71. The van der Waals surface area contributed by atoms with Crippen LogP contribution in [-0.2, 0) is 37.5 Å². The Balaban J connectivity index is 4.52. The summed E-state index contributed by atoms with van der Waals surface area (Å²) < 4.78 is 32.5. The van der Waals surface area contributed by atoms with Gasteiger partial charge in [0.25, 0.3) is 0 Å². The summed E-state index contributed by atoms with van der Waals surface area (Å²) in [5, 5.41) is 8.87. The average molecular weight is 784 g/mol. The Morgan fingerprint density at radius 3 is 1.54 bits per heavy atom. The van der Waals surface area contributed by atoms with Gasteiger partial charge >= 0.3 is 25.7 Å². The van der Waals surface area contributed by atoms with Crippen molar-refractivity contribution in [3.8, 4) is 0 Å². The number of rotatable bonds is 38. The molecule has 0 saturated heterocycles. The summed E-state index contributed by atoms with van der Waals surface area (Å²) in [6.07, 6.45) is 40.5. The molecule has 0 bridgehead atoms. The van der Waals surface area contributed by atoms with E-state index in [1.54, 1.807) is 0 Å². The predicted octanol–water partition coefficient (Wildman–Crippen LogP) is 10.6. The Kier molecular flexibility index (Phi) is 35.6. The van der Waals surface area contributed by atoms with Crippen LogP contribution in [0.2, 0.25) is 0 Å². The SMILES string of the molecule is CCCCCCCC/C=C/C/C=C/C/C=C/CCCC(=O)O[C@H](COC(=O)CCCCC/C=C/CCCCCCCC)COP(=O)(O)OC[C@H](N)C(=O)O. The van der Waals surface area contributed by atoms with Crippen LogP contribution in [0.4, 0.5) is 0 Å². The topological polar surface area (TPSA) is 172 Å². The van der Waals surface area contributed by atoms with E-state index in [0.29, 0.717) is 19.3 Å². The summed E-state index contributed by atoms with van der Waals surface area (Å²) >= 11 is 0. The summed E-state index contributed by atoms with van der Waals surface area (Å²) in [5.74, 6) is -2.47. The van der Waals surface area contributed by atoms with Crippen LogP contribution in [0.25, 0.3) is 0 Å². The molecule has 0 aliphatic carbocycles. The van der Waals surface area contributed by atoms with Gasteiger partial charge in [-0.3, -0.25) is 23.4 Å². The molecule has 0 spiro atoms. The molecule has 1 unspecified atom stereocenters. The lowest BCUT2D eigenvalue weighted by molar-refractivity contribution is -0.161. The first-order valence-corrected chi connectivity index (χ1v) is 22.2. The van der Waals surface area contributed by atoms with Gasteiger partial charge in [-0.1, -0.05) is 133 Å². The van der Waals surface area contributed by atoms with Gasteiger partial charge in [-0.25, -0.2) is 4.57 Å². The summed E-state index contributed by atoms with van der Waals surface area (Å²) in [5.41, 5.74) is 5.32. The first kappa shape index (κ1) is 51.4. The van der Waals surface area contributed by atoms with E-state index < -0.39 is 51.1 Å². The van der Waals surface area contributed by atoms with E-state index in [-0.39, 0.29) is 19.4 Å². The lowest BCUT2D eigenvalue weighted by Gasteiger charge is -2.20. The Labute approximate surface area is 326 Å². The number of nitrogens with two attached hydrogens (primary N) is 1. The molecule has 3 atom stereocenters. The molecule has 0 aromatic rings. The molecule has 0 amide bonds. The third-order valence-corrected chi connectivity index (χ3v) is 9.50. The van der Waals surface area contributed by atoms with Crippen LogP contribution in [0.3, 0.4) is 0 Å². The molecule has 0 rings (SSSR count). The molecule has 0 aromatic carbocycles. The molecule has 0 aromatic heterocycles. The number of aliphatic carboxylic acids is 1. The van der Waals surface area contributed by atoms with Crippen molar-refractivity contribution < 1.29 is 47.5 Å². The first-order valence-electron chi connectivity index (χ1n) is 20.7. The summed E-state index contributed by atoms with van der Waals surface area (Å²) in [6, 6.07) is -1.53. The van der Waals surface area contributed by atoms with Gasteiger partial charge in [0.15, 0.2) is 6.10 Å². The standard InChI is InChI=1S/C42H74NO10P/c1-3-5-7-9-11-13-15-17-18-19-20-22-24-26-28-30-32-34-41(45)53-38(36-51-54(48,49)52-37-39(43)42(46)47)35-50-40(44)33-31-29-27-25-23-21-16-14-12-10-8-6-4-2/h17-18,20-23,26,28,38-39H,3-16,19,24-25,27,29-37,43H2,1-2H3,(H,46,47)(H,48,49)/b18-17+,22-20+,23-21+,28-26+/t38-,39+/m1/s1. The van der Waals surface area contributed by atoms with Crippen molar-refractivity contribution in [1.29, 1.82) is 0 Å². The highest BCUT2D eigenvalue weighted by Gasteiger charge is 2.28. The molecule has 0 aliphatic heterocycles. The smallest absolute Gasteiger partial charge is 0.472 e. The molecule has 11 nitrogen and oxygen atoms in total. The molecule has 54 heavy (non-hydrogen) atoms. The normalized spacial score (nSPS) is 14.3. The fourth-order valence-corrected chi connectivity index (χ4v) is 6.03. The second-order valence-corrected chi connectivity index (χ2v) is 15.2. The Morgan fingerprint density at radius 2 is 1.00 bits per heavy atom. The van der Waals surface area contributed by atoms with Gasteiger partial charge in [-0.2, -0.15) is 0 Å². The molecular weight excluding hydrogens is 709 g/mol. The monoisotopic (exact) mass is 784 g/mol. The highest BCUT2D eigenvalue weighted by atomic mass is 31.2. The van der Waals surface area contributed by atoms with Gasteiger partial charge in [0.2, 0.25) is 0 Å².